The second-order valence-corrected chi connectivity index (χ2v) is 6.58. The highest BCUT2D eigenvalue weighted by Crippen LogP contribution is 2.26. The van der Waals surface area contributed by atoms with Gasteiger partial charge in [-0.1, -0.05) is 11.6 Å². The van der Waals surface area contributed by atoms with Crippen molar-refractivity contribution in [3.8, 4) is 11.3 Å². The zero-order valence-electron chi connectivity index (χ0n) is 14.7. The third kappa shape index (κ3) is 3.68. The van der Waals surface area contributed by atoms with Gasteiger partial charge in [0.25, 0.3) is 11.8 Å². The van der Waals surface area contributed by atoms with Gasteiger partial charge in [0.15, 0.2) is 0 Å². The molecular weight excluding hydrogens is 399 g/mol. The molecular formula is C21H12ClFN2O4. The highest BCUT2D eigenvalue weighted by molar-refractivity contribution is 6.39. The van der Waals surface area contributed by atoms with Crippen LogP contribution in [0.2, 0.25) is 5.02 Å². The Labute approximate surface area is 169 Å². The molecule has 1 fully saturated rings. The van der Waals surface area contributed by atoms with Gasteiger partial charge in [-0.05, 0) is 66.7 Å². The molecule has 1 saturated heterocycles. The zero-order chi connectivity index (χ0) is 20.5. The van der Waals surface area contributed by atoms with Crippen molar-refractivity contribution in [3.63, 3.8) is 0 Å². The topological polar surface area (TPSA) is 79.6 Å². The number of carbonyl (C=O) groups excluding carboxylic acids is 3. The number of carbonyl (C=O) groups is 3. The molecule has 0 radical (unpaired) electrons. The molecule has 1 N–H and O–H groups in total. The second-order valence-electron chi connectivity index (χ2n) is 6.14. The van der Waals surface area contributed by atoms with Crippen molar-refractivity contribution in [1.29, 1.82) is 0 Å². The molecule has 8 heteroatoms. The van der Waals surface area contributed by atoms with Gasteiger partial charge in [-0.3, -0.25) is 14.9 Å². The SMILES string of the molecule is O=C1NC(=O)N(c2ccc(F)cc2)C(=O)/C1=C/c1ccc(-c2ccc(Cl)cc2)o1. The highest BCUT2D eigenvalue weighted by atomic mass is 35.5. The van der Waals surface area contributed by atoms with Crippen LogP contribution in [0.1, 0.15) is 5.76 Å². The summed E-state index contributed by atoms with van der Waals surface area (Å²) in [5, 5.41) is 2.68. The standard InChI is InChI=1S/C21H12ClFN2O4/c22-13-3-1-12(2-4-13)18-10-9-16(29-18)11-17-19(26)24-21(28)25(20(17)27)15-7-5-14(23)6-8-15/h1-11H,(H,24,26,28)/b17-11+. The van der Waals surface area contributed by atoms with Gasteiger partial charge >= 0.3 is 6.03 Å². The number of furan rings is 1. The van der Waals surface area contributed by atoms with E-state index >= 15 is 0 Å². The molecule has 144 valence electrons. The molecule has 3 aromatic rings. The summed E-state index contributed by atoms with van der Waals surface area (Å²) in [5.74, 6) is -1.43. The lowest BCUT2D eigenvalue weighted by molar-refractivity contribution is -0.122. The van der Waals surface area contributed by atoms with E-state index in [4.69, 9.17) is 16.0 Å². The van der Waals surface area contributed by atoms with Crippen molar-refractivity contribution in [1.82, 2.24) is 5.32 Å². The van der Waals surface area contributed by atoms with E-state index < -0.39 is 23.7 Å². The fourth-order valence-electron chi connectivity index (χ4n) is 2.82. The number of hydrogen-bond acceptors (Lipinski definition) is 4. The molecule has 0 bridgehead atoms. The number of rotatable bonds is 3. The fourth-order valence-corrected chi connectivity index (χ4v) is 2.95. The number of amides is 4. The van der Waals surface area contributed by atoms with Crippen molar-refractivity contribution in [2.45, 2.75) is 0 Å². The Balaban J connectivity index is 1.66. The van der Waals surface area contributed by atoms with Gasteiger partial charge in [-0.15, -0.1) is 0 Å². The number of barbiturate groups is 1. The summed E-state index contributed by atoms with van der Waals surface area (Å²) in [4.78, 5) is 37.9. The zero-order valence-corrected chi connectivity index (χ0v) is 15.4. The van der Waals surface area contributed by atoms with Crippen LogP contribution in [-0.2, 0) is 9.59 Å². The van der Waals surface area contributed by atoms with Gasteiger partial charge in [0.05, 0.1) is 5.69 Å². The number of nitrogens with one attached hydrogen (secondary N) is 1. The summed E-state index contributed by atoms with van der Waals surface area (Å²) in [6.45, 7) is 0. The summed E-state index contributed by atoms with van der Waals surface area (Å²) < 4.78 is 18.8. The molecule has 0 saturated carbocycles. The molecule has 0 unspecified atom stereocenters. The van der Waals surface area contributed by atoms with Crippen LogP contribution in [0.3, 0.4) is 0 Å². The minimum absolute atomic E-state index is 0.133. The number of imide groups is 2. The Kier molecular flexibility index (Phi) is 4.74. The first-order valence-corrected chi connectivity index (χ1v) is 8.83. The van der Waals surface area contributed by atoms with Crippen LogP contribution in [0.25, 0.3) is 17.4 Å². The summed E-state index contributed by atoms with van der Waals surface area (Å²) in [5.41, 5.74) is 0.612. The lowest BCUT2D eigenvalue weighted by Gasteiger charge is -2.26. The maximum atomic E-state index is 13.1. The summed E-state index contributed by atoms with van der Waals surface area (Å²) in [7, 11) is 0. The van der Waals surface area contributed by atoms with E-state index in [1.807, 2.05) is 0 Å². The van der Waals surface area contributed by atoms with Gasteiger partial charge < -0.3 is 4.42 Å². The van der Waals surface area contributed by atoms with Crippen LogP contribution < -0.4 is 10.2 Å². The first kappa shape index (κ1) is 18.6. The van der Waals surface area contributed by atoms with Crippen molar-refractivity contribution < 1.29 is 23.2 Å². The van der Waals surface area contributed by atoms with Gasteiger partial charge in [0.2, 0.25) is 0 Å². The normalized spacial score (nSPS) is 15.7. The lowest BCUT2D eigenvalue weighted by Crippen LogP contribution is -2.54. The van der Waals surface area contributed by atoms with E-state index in [1.165, 1.54) is 18.2 Å². The van der Waals surface area contributed by atoms with Crippen LogP contribution in [0, 0.1) is 5.82 Å². The molecule has 2 heterocycles. The molecule has 1 aliphatic heterocycles. The van der Waals surface area contributed by atoms with E-state index in [0.717, 1.165) is 22.6 Å². The Morgan fingerprint density at radius 3 is 2.31 bits per heavy atom. The van der Waals surface area contributed by atoms with E-state index in [2.05, 4.69) is 5.32 Å². The second kappa shape index (κ2) is 7.37. The molecule has 2 aromatic carbocycles. The van der Waals surface area contributed by atoms with Crippen molar-refractivity contribution >= 4 is 41.2 Å². The first-order chi connectivity index (χ1) is 13.9. The van der Waals surface area contributed by atoms with Crippen LogP contribution >= 0.6 is 11.6 Å². The molecule has 0 atom stereocenters. The predicted octanol–water partition coefficient (Wildman–Crippen LogP) is 4.41. The molecule has 29 heavy (non-hydrogen) atoms. The van der Waals surface area contributed by atoms with Crippen molar-refractivity contribution in [2.75, 3.05) is 4.90 Å². The van der Waals surface area contributed by atoms with Crippen LogP contribution in [0.5, 0.6) is 0 Å². The van der Waals surface area contributed by atoms with Crippen LogP contribution in [-0.4, -0.2) is 17.8 Å². The Morgan fingerprint density at radius 2 is 1.62 bits per heavy atom. The molecule has 0 aliphatic carbocycles. The van der Waals surface area contributed by atoms with Crippen LogP contribution in [0.15, 0.2) is 70.7 Å². The largest absolute Gasteiger partial charge is 0.457 e. The van der Waals surface area contributed by atoms with E-state index in [-0.39, 0.29) is 17.0 Å². The number of urea groups is 1. The quantitative estimate of drug-likeness (QED) is 0.512. The summed E-state index contributed by atoms with van der Waals surface area (Å²) in [6.07, 6.45) is 1.25. The molecule has 0 spiro atoms. The number of nitrogens with zero attached hydrogens (tertiary/aromatic N) is 1. The first-order valence-electron chi connectivity index (χ1n) is 8.45. The smallest absolute Gasteiger partial charge is 0.335 e. The molecule has 4 rings (SSSR count). The molecule has 1 aliphatic rings. The minimum atomic E-state index is -0.912. The number of benzene rings is 2. The van der Waals surface area contributed by atoms with Gasteiger partial charge in [-0.25, -0.2) is 14.1 Å². The van der Waals surface area contributed by atoms with Gasteiger partial charge in [0.1, 0.15) is 22.9 Å². The monoisotopic (exact) mass is 410 g/mol. The van der Waals surface area contributed by atoms with Crippen LogP contribution in [0.4, 0.5) is 14.9 Å². The fraction of sp³-hybridized carbons (Fsp3) is 0. The maximum absolute atomic E-state index is 13.1. The highest BCUT2D eigenvalue weighted by Gasteiger charge is 2.37. The van der Waals surface area contributed by atoms with E-state index in [9.17, 15) is 18.8 Å². The third-order valence-electron chi connectivity index (χ3n) is 4.23. The number of anilines is 1. The Bertz CT molecular complexity index is 1150. The third-order valence-corrected chi connectivity index (χ3v) is 4.48. The minimum Gasteiger partial charge on any atom is -0.457 e. The van der Waals surface area contributed by atoms with Gasteiger partial charge in [-0.2, -0.15) is 0 Å². The lowest BCUT2D eigenvalue weighted by atomic mass is 10.1. The molecule has 6 nitrogen and oxygen atoms in total. The predicted molar refractivity (Wildman–Crippen MR) is 105 cm³/mol. The average Bonchev–Trinajstić information content (AvgIpc) is 3.16. The van der Waals surface area contributed by atoms with Gasteiger partial charge in [0, 0.05) is 10.6 Å². The van der Waals surface area contributed by atoms with E-state index in [1.54, 1.807) is 36.4 Å². The Hall–Kier alpha value is -3.71. The van der Waals surface area contributed by atoms with Crippen molar-refractivity contribution in [2.24, 2.45) is 0 Å². The summed E-state index contributed by atoms with van der Waals surface area (Å²) >= 11 is 5.87. The summed E-state index contributed by atoms with van der Waals surface area (Å²) in [6, 6.07) is 14.1. The molecule has 1 aromatic heterocycles. The molecule has 4 amide bonds. The average molecular weight is 411 g/mol. The maximum Gasteiger partial charge on any atom is 0.335 e. The van der Waals surface area contributed by atoms with E-state index in [0.29, 0.717) is 10.8 Å². The number of halogens is 2. The van der Waals surface area contributed by atoms with Crippen molar-refractivity contribution in [3.05, 3.63) is 82.8 Å². The Morgan fingerprint density at radius 1 is 0.931 bits per heavy atom. The number of hydrogen-bond donors (Lipinski definition) is 1.